The fourth-order valence-corrected chi connectivity index (χ4v) is 2.28. The van der Waals surface area contributed by atoms with Crippen LogP contribution < -0.4 is 0 Å². The molecule has 0 heterocycles. The summed E-state index contributed by atoms with van der Waals surface area (Å²) in [4.78, 5) is 23.1. The topological polar surface area (TPSA) is 43.4 Å². The number of rotatable bonds is 2. The number of carbonyl (C=O) groups is 2. The first-order valence-electron chi connectivity index (χ1n) is 5.61. The Morgan fingerprint density at radius 1 is 1.53 bits per heavy atom. The van der Waals surface area contributed by atoms with E-state index in [1.165, 1.54) is 6.92 Å². The molecule has 3 heteroatoms. The summed E-state index contributed by atoms with van der Waals surface area (Å²) in [5.41, 5.74) is -0.849. The molecule has 0 radical (unpaired) electrons. The number of hydrogen-bond donors (Lipinski definition) is 0. The Kier molecular flexibility index (Phi) is 3.53. The SMILES string of the molecule is CC(=O)O[C@]1(C(C)C)CC[C@H](C)CC1=O. The molecule has 15 heavy (non-hydrogen) atoms. The van der Waals surface area contributed by atoms with Gasteiger partial charge in [0.1, 0.15) is 0 Å². The molecule has 1 aliphatic rings. The van der Waals surface area contributed by atoms with Crippen molar-refractivity contribution in [2.24, 2.45) is 11.8 Å². The number of carbonyl (C=O) groups excluding carboxylic acids is 2. The first-order chi connectivity index (χ1) is 6.88. The predicted octanol–water partition coefficient (Wildman–Crippen LogP) is 2.33. The summed E-state index contributed by atoms with van der Waals surface area (Å²) in [7, 11) is 0. The molecule has 0 aromatic carbocycles. The normalized spacial score (nSPS) is 31.8. The van der Waals surface area contributed by atoms with E-state index in [-0.39, 0.29) is 17.7 Å². The fraction of sp³-hybridized carbons (Fsp3) is 0.833. The standard InChI is InChI=1S/C12H20O3/c1-8(2)12(15-10(4)13)6-5-9(3)7-11(12)14/h8-9H,5-7H2,1-4H3/t9-,12-/m0/s1. The molecule has 0 aromatic heterocycles. The third-order valence-electron chi connectivity index (χ3n) is 3.27. The van der Waals surface area contributed by atoms with Crippen molar-refractivity contribution in [1.29, 1.82) is 0 Å². The summed E-state index contributed by atoms with van der Waals surface area (Å²) < 4.78 is 5.31. The van der Waals surface area contributed by atoms with Gasteiger partial charge in [-0.3, -0.25) is 9.59 Å². The van der Waals surface area contributed by atoms with Crippen molar-refractivity contribution in [2.75, 3.05) is 0 Å². The van der Waals surface area contributed by atoms with E-state index in [4.69, 9.17) is 4.74 Å². The number of ether oxygens (including phenoxy) is 1. The lowest BCUT2D eigenvalue weighted by molar-refractivity contribution is -0.175. The summed E-state index contributed by atoms with van der Waals surface area (Å²) in [5.74, 6) is 0.208. The fourth-order valence-electron chi connectivity index (χ4n) is 2.28. The van der Waals surface area contributed by atoms with Gasteiger partial charge in [-0.15, -0.1) is 0 Å². The highest BCUT2D eigenvalue weighted by atomic mass is 16.6. The minimum atomic E-state index is -0.849. The minimum Gasteiger partial charge on any atom is -0.451 e. The largest absolute Gasteiger partial charge is 0.451 e. The molecule has 3 nitrogen and oxygen atoms in total. The second kappa shape index (κ2) is 4.33. The first kappa shape index (κ1) is 12.2. The van der Waals surface area contributed by atoms with Crippen molar-refractivity contribution in [1.82, 2.24) is 0 Å². The van der Waals surface area contributed by atoms with E-state index in [9.17, 15) is 9.59 Å². The van der Waals surface area contributed by atoms with Crippen molar-refractivity contribution < 1.29 is 14.3 Å². The van der Waals surface area contributed by atoms with Crippen molar-refractivity contribution in [2.45, 2.75) is 52.6 Å². The number of hydrogen-bond acceptors (Lipinski definition) is 3. The monoisotopic (exact) mass is 212 g/mol. The molecule has 0 unspecified atom stereocenters. The second-order valence-electron chi connectivity index (χ2n) is 4.91. The Balaban J connectivity index is 2.90. The van der Waals surface area contributed by atoms with Gasteiger partial charge in [-0.05, 0) is 18.8 Å². The highest BCUT2D eigenvalue weighted by molar-refractivity contribution is 5.90. The maximum atomic E-state index is 12.0. The molecule has 1 aliphatic carbocycles. The third kappa shape index (κ3) is 2.39. The molecule has 1 fully saturated rings. The highest BCUT2D eigenvalue weighted by Crippen LogP contribution is 2.37. The van der Waals surface area contributed by atoms with E-state index in [1.807, 2.05) is 13.8 Å². The van der Waals surface area contributed by atoms with Gasteiger partial charge in [-0.1, -0.05) is 20.8 Å². The molecule has 0 amide bonds. The van der Waals surface area contributed by atoms with Gasteiger partial charge in [0.05, 0.1) is 0 Å². The lowest BCUT2D eigenvalue weighted by Crippen LogP contribution is -2.50. The Morgan fingerprint density at radius 2 is 2.13 bits per heavy atom. The van der Waals surface area contributed by atoms with E-state index in [1.54, 1.807) is 0 Å². The molecular formula is C12H20O3. The minimum absolute atomic E-state index is 0.0569. The molecule has 0 aliphatic heterocycles. The van der Waals surface area contributed by atoms with Crippen LogP contribution in [0.5, 0.6) is 0 Å². The van der Waals surface area contributed by atoms with Crippen LogP contribution in [-0.2, 0) is 14.3 Å². The lowest BCUT2D eigenvalue weighted by Gasteiger charge is -2.40. The van der Waals surface area contributed by atoms with Crippen LogP contribution in [0.4, 0.5) is 0 Å². The van der Waals surface area contributed by atoms with E-state index >= 15 is 0 Å². The van der Waals surface area contributed by atoms with E-state index in [0.717, 1.165) is 6.42 Å². The van der Waals surface area contributed by atoms with Crippen molar-refractivity contribution in [3.8, 4) is 0 Å². The Morgan fingerprint density at radius 3 is 2.53 bits per heavy atom. The quantitative estimate of drug-likeness (QED) is 0.660. The van der Waals surface area contributed by atoms with Crippen LogP contribution >= 0.6 is 0 Å². The van der Waals surface area contributed by atoms with Crippen LogP contribution in [0.2, 0.25) is 0 Å². The van der Waals surface area contributed by atoms with Gasteiger partial charge in [0.25, 0.3) is 0 Å². The molecule has 0 aromatic rings. The molecule has 86 valence electrons. The van der Waals surface area contributed by atoms with Crippen LogP contribution in [0.1, 0.15) is 47.0 Å². The zero-order valence-electron chi connectivity index (χ0n) is 10.0. The second-order valence-corrected chi connectivity index (χ2v) is 4.91. The summed E-state index contributed by atoms with van der Waals surface area (Å²) in [5, 5.41) is 0. The van der Waals surface area contributed by atoms with E-state index < -0.39 is 5.60 Å². The van der Waals surface area contributed by atoms with Gasteiger partial charge in [-0.2, -0.15) is 0 Å². The number of Topliss-reactive ketones (excluding diaryl/α,β-unsaturated/α-hetero) is 1. The van der Waals surface area contributed by atoms with Gasteiger partial charge >= 0.3 is 5.97 Å². The Labute approximate surface area is 91.2 Å². The average Bonchev–Trinajstić information content (AvgIpc) is 2.09. The molecule has 1 rings (SSSR count). The number of ketones is 1. The third-order valence-corrected chi connectivity index (χ3v) is 3.27. The molecule has 0 spiro atoms. The first-order valence-corrected chi connectivity index (χ1v) is 5.61. The van der Waals surface area contributed by atoms with Gasteiger partial charge in [0, 0.05) is 19.3 Å². The zero-order chi connectivity index (χ0) is 11.6. The maximum absolute atomic E-state index is 12.0. The summed E-state index contributed by atoms with van der Waals surface area (Å²) in [6.45, 7) is 7.32. The van der Waals surface area contributed by atoms with Crippen molar-refractivity contribution in [3.63, 3.8) is 0 Å². The summed E-state index contributed by atoms with van der Waals surface area (Å²) >= 11 is 0. The molecule has 1 saturated carbocycles. The van der Waals surface area contributed by atoms with Crippen LogP contribution in [0.3, 0.4) is 0 Å². The maximum Gasteiger partial charge on any atom is 0.303 e. The van der Waals surface area contributed by atoms with E-state index in [0.29, 0.717) is 18.8 Å². The highest BCUT2D eigenvalue weighted by Gasteiger charge is 2.47. The van der Waals surface area contributed by atoms with Crippen LogP contribution in [0, 0.1) is 11.8 Å². The molecule has 0 bridgehead atoms. The zero-order valence-corrected chi connectivity index (χ0v) is 10.0. The Hall–Kier alpha value is -0.860. The smallest absolute Gasteiger partial charge is 0.303 e. The molecule has 0 saturated heterocycles. The predicted molar refractivity (Wildman–Crippen MR) is 57.4 cm³/mol. The van der Waals surface area contributed by atoms with Gasteiger partial charge in [0.15, 0.2) is 11.4 Å². The van der Waals surface area contributed by atoms with E-state index in [2.05, 4.69) is 6.92 Å². The molecule has 2 atom stereocenters. The van der Waals surface area contributed by atoms with Gasteiger partial charge in [0.2, 0.25) is 0 Å². The molecule has 0 N–H and O–H groups in total. The van der Waals surface area contributed by atoms with Gasteiger partial charge < -0.3 is 4.74 Å². The summed E-state index contributed by atoms with van der Waals surface area (Å²) in [6.07, 6.45) is 2.16. The van der Waals surface area contributed by atoms with Crippen molar-refractivity contribution in [3.05, 3.63) is 0 Å². The number of esters is 1. The average molecular weight is 212 g/mol. The van der Waals surface area contributed by atoms with Crippen molar-refractivity contribution >= 4 is 11.8 Å². The summed E-state index contributed by atoms with van der Waals surface area (Å²) in [6, 6.07) is 0. The lowest BCUT2D eigenvalue weighted by atomic mass is 9.72. The Bertz CT molecular complexity index is 270. The van der Waals surface area contributed by atoms with Gasteiger partial charge in [-0.25, -0.2) is 0 Å². The van der Waals surface area contributed by atoms with Crippen LogP contribution in [-0.4, -0.2) is 17.4 Å². The molecular weight excluding hydrogens is 192 g/mol. The van der Waals surface area contributed by atoms with Crippen LogP contribution in [0.25, 0.3) is 0 Å². The van der Waals surface area contributed by atoms with Crippen LogP contribution in [0.15, 0.2) is 0 Å².